The molecule has 0 fully saturated rings. The van der Waals surface area contributed by atoms with Gasteiger partial charge in [0.1, 0.15) is 33.7 Å². The summed E-state index contributed by atoms with van der Waals surface area (Å²) in [6, 6.07) is 10.3. The van der Waals surface area contributed by atoms with Crippen molar-refractivity contribution in [2.75, 3.05) is 28.4 Å². The van der Waals surface area contributed by atoms with Crippen LogP contribution in [0.3, 0.4) is 0 Å². The SMILES string of the molecule is COc1ccc(/C=c2\[nH]c(=O)/c(=C/c3ccc(OC)cc3OC)[nH]c2=O)c(OC)c1. The number of methoxy groups -OCH3 is 4. The van der Waals surface area contributed by atoms with Crippen LogP contribution in [0.5, 0.6) is 23.0 Å². The van der Waals surface area contributed by atoms with E-state index < -0.39 is 11.1 Å². The van der Waals surface area contributed by atoms with Gasteiger partial charge in [0.2, 0.25) is 0 Å². The van der Waals surface area contributed by atoms with Gasteiger partial charge in [-0.1, -0.05) is 0 Å². The molecule has 0 amide bonds. The summed E-state index contributed by atoms with van der Waals surface area (Å²) in [4.78, 5) is 30.4. The zero-order valence-electron chi connectivity index (χ0n) is 17.1. The van der Waals surface area contributed by atoms with E-state index in [1.807, 2.05) is 0 Å². The Morgan fingerprint density at radius 3 is 1.37 bits per heavy atom. The first-order valence-corrected chi connectivity index (χ1v) is 8.99. The van der Waals surface area contributed by atoms with Crippen molar-refractivity contribution in [2.24, 2.45) is 0 Å². The molecular formula is C22H22N2O6. The van der Waals surface area contributed by atoms with Gasteiger partial charge in [-0.15, -0.1) is 0 Å². The minimum absolute atomic E-state index is 0.0994. The van der Waals surface area contributed by atoms with Gasteiger partial charge in [0, 0.05) is 23.3 Å². The molecule has 0 saturated carbocycles. The molecular weight excluding hydrogens is 388 g/mol. The summed E-state index contributed by atoms with van der Waals surface area (Å²) in [5.41, 5.74) is 0.332. The first-order chi connectivity index (χ1) is 14.5. The third-order valence-electron chi connectivity index (χ3n) is 4.47. The summed E-state index contributed by atoms with van der Waals surface area (Å²) < 4.78 is 21.0. The Morgan fingerprint density at radius 2 is 1.03 bits per heavy atom. The molecule has 8 nitrogen and oxygen atoms in total. The molecule has 0 bridgehead atoms. The zero-order valence-corrected chi connectivity index (χ0v) is 17.1. The van der Waals surface area contributed by atoms with Gasteiger partial charge in [-0.3, -0.25) is 9.59 Å². The molecule has 30 heavy (non-hydrogen) atoms. The van der Waals surface area contributed by atoms with Crippen LogP contribution in [0.2, 0.25) is 0 Å². The first-order valence-electron chi connectivity index (χ1n) is 8.99. The second kappa shape index (κ2) is 9.04. The van der Waals surface area contributed by atoms with Crippen molar-refractivity contribution < 1.29 is 18.9 Å². The maximum absolute atomic E-state index is 12.6. The number of aromatic nitrogens is 2. The van der Waals surface area contributed by atoms with Gasteiger partial charge < -0.3 is 28.9 Å². The van der Waals surface area contributed by atoms with E-state index in [1.165, 1.54) is 26.4 Å². The van der Waals surface area contributed by atoms with Crippen molar-refractivity contribution in [1.29, 1.82) is 0 Å². The Kier molecular flexibility index (Phi) is 6.26. The fourth-order valence-electron chi connectivity index (χ4n) is 2.88. The number of aromatic amines is 2. The predicted molar refractivity (Wildman–Crippen MR) is 113 cm³/mol. The van der Waals surface area contributed by atoms with Crippen LogP contribution >= 0.6 is 0 Å². The van der Waals surface area contributed by atoms with Gasteiger partial charge in [-0.2, -0.15) is 0 Å². The van der Waals surface area contributed by atoms with E-state index in [1.54, 1.807) is 50.6 Å². The largest absolute Gasteiger partial charge is 0.497 e. The Balaban J connectivity index is 2.12. The highest BCUT2D eigenvalue weighted by Gasteiger charge is 2.06. The van der Waals surface area contributed by atoms with Crippen LogP contribution in [0, 0.1) is 0 Å². The van der Waals surface area contributed by atoms with Crippen LogP contribution in [-0.2, 0) is 0 Å². The lowest BCUT2D eigenvalue weighted by molar-refractivity contribution is 0.393. The zero-order chi connectivity index (χ0) is 21.7. The summed E-state index contributed by atoms with van der Waals surface area (Å²) in [6.45, 7) is 0. The molecule has 2 aromatic carbocycles. The molecule has 0 unspecified atom stereocenters. The Labute approximate surface area is 172 Å². The normalized spacial score (nSPS) is 12.0. The summed E-state index contributed by atoms with van der Waals surface area (Å²) in [5.74, 6) is 2.25. The third-order valence-corrected chi connectivity index (χ3v) is 4.47. The fourth-order valence-corrected chi connectivity index (χ4v) is 2.88. The molecule has 0 radical (unpaired) electrons. The van der Waals surface area contributed by atoms with Crippen LogP contribution in [-0.4, -0.2) is 38.4 Å². The summed E-state index contributed by atoms with van der Waals surface area (Å²) >= 11 is 0. The molecule has 3 aromatic rings. The van der Waals surface area contributed by atoms with E-state index in [2.05, 4.69) is 9.97 Å². The van der Waals surface area contributed by atoms with Crippen LogP contribution in [0.1, 0.15) is 11.1 Å². The smallest absolute Gasteiger partial charge is 0.272 e. The molecule has 0 atom stereocenters. The maximum Gasteiger partial charge on any atom is 0.272 e. The minimum atomic E-state index is -0.453. The van der Waals surface area contributed by atoms with Crippen LogP contribution in [0.25, 0.3) is 12.2 Å². The highest BCUT2D eigenvalue weighted by atomic mass is 16.5. The fraction of sp³-hybridized carbons (Fsp3) is 0.182. The van der Waals surface area contributed by atoms with E-state index in [0.29, 0.717) is 34.1 Å². The molecule has 156 valence electrons. The molecule has 0 spiro atoms. The molecule has 8 heteroatoms. The summed E-state index contributed by atoms with van der Waals surface area (Å²) in [7, 11) is 6.12. The Hall–Kier alpha value is -3.94. The standard InChI is InChI=1S/C22H22N2O6/c1-27-15-7-5-13(19(11-15)29-3)9-17-21(25)24-18(22(26)23-17)10-14-6-8-16(28-2)12-20(14)30-4/h5-12H,1-4H3,(H,23,26)(H,24,25)/b17-9-,18-10-. The summed E-state index contributed by atoms with van der Waals surface area (Å²) in [5, 5.41) is 0.199. The highest BCUT2D eigenvalue weighted by Crippen LogP contribution is 2.25. The molecule has 2 N–H and O–H groups in total. The van der Waals surface area contributed by atoms with Gasteiger partial charge in [0.15, 0.2) is 0 Å². The molecule has 0 saturated heterocycles. The number of nitrogens with one attached hydrogen (secondary N) is 2. The molecule has 0 aliphatic heterocycles. The minimum Gasteiger partial charge on any atom is -0.497 e. The number of hydrogen-bond acceptors (Lipinski definition) is 6. The van der Waals surface area contributed by atoms with Gasteiger partial charge >= 0.3 is 0 Å². The van der Waals surface area contributed by atoms with Crippen molar-refractivity contribution in [3.05, 3.63) is 78.9 Å². The second-order valence-electron chi connectivity index (χ2n) is 6.24. The number of hydrogen-bond donors (Lipinski definition) is 2. The third kappa shape index (κ3) is 4.38. The number of H-pyrrole nitrogens is 2. The Morgan fingerprint density at radius 1 is 0.633 bits per heavy atom. The number of rotatable bonds is 6. The topological polar surface area (TPSA) is 103 Å². The quantitative estimate of drug-likeness (QED) is 0.622. The van der Waals surface area contributed by atoms with E-state index in [0.717, 1.165) is 0 Å². The molecule has 3 rings (SSSR count). The lowest BCUT2D eigenvalue weighted by atomic mass is 10.1. The monoisotopic (exact) mass is 410 g/mol. The van der Waals surface area contributed by atoms with E-state index >= 15 is 0 Å². The number of ether oxygens (including phenoxy) is 4. The van der Waals surface area contributed by atoms with Gasteiger partial charge in [-0.25, -0.2) is 0 Å². The van der Waals surface area contributed by atoms with Crippen molar-refractivity contribution in [2.45, 2.75) is 0 Å². The predicted octanol–water partition coefficient (Wildman–Crippen LogP) is 0.755. The van der Waals surface area contributed by atoms with Crippen molar-refractivity contribution >= 4 is 12.2 Å². The van der Waals surface area contributed by atoms with Crippen LogP contribution in [0.4, 0.5) is 0 Å². The van der Waals surface area contributed by atoms with Gasteiger partial charge in [0.05, 0.1) is 28.4 Å². The van der Waals surface area contributed by atoms with Crippen LogP contribution < -0.4 is 40.8 Å². The molecule has 1 aromatic heterocycles. The average Bonchev–Trinajstić information content (AvgIpc) is 2.77. The summed E-state index contributed by atoms with van der Waals surface area (Å²) in [6.07, 6.45) is 3.08. The maximum atomic E-state index is 12.6. The Bertz CT molecular complexity index is 1190. The van der Waals surface area contributed by atoms with E-state index in [4.69, 9.17) is 18.9 Å². The number of benzene rings is 2. The lowest BCUT2D eigenvalue weighted by Crippen LogP contribution is -2.46. The lowest BCUT2D eigenvalue weighted by Gasteiger charge is -2.07. The second-order valence-corrected chi connectivity index (χ2v) is 6.24. The van der Waals surface area contributed by atoms with Crippen molar-refractivity contribution in [3.63, 3.8) is 0 Å². The van der Waals surface area contributed by atoms with Gasteiger partial charge in [0.25, 0.3) is 11.1 Å². The average molecular weight is 410 g/mol. The first kappa shape index (κ1) is 20.8. The van der Waals surface area contributed by atoms with Gasteiger partial charge in [-0.05, 0) is 36.4 Å². The molecule has 0 aliphatic carbocycles. The van der Waals surface area contributed by atoms with E-state index in [-0.39, 0.29) is 10.7 Å². The highest BCUT2D eigenvalue weighted by molar-refractivity contribution is 5.59. The molecule has 1 heterocycles. The van der Waals surface area contributed by atoms with E-state index in [9.17, 15) is 9.59 Å². The molecule has 0 aliphatic rings. The van der Waals surface area contributed by atoms with Crippen molar-refractivity contribution in [3.8, 4) is 23.0 Å². The van der Waals surface area contributed by atoms with Crippen LogP contribution in [0.15, 0.2) is 46.0 Å². The van der Waals surface area contributed by atoms with Crippen molar-refractivity contribution in [1.82, 2.24) is 9.97 Å².